The molecule has 2 N–H and O–H groups in total. The predicted molar refractivity (Wildman–Crippen MR) is 48.4 cm³/mol. The second kappa shape index (κ2) is 5.99. The third-order valence-corrected chi connectivity index (χ3v) is 0.943. The number of methoxy groups -OCH3 is 1. The number of aliphatic imine (C=N–C) groups is 2. The minimum absolute atomic E-state index is 0.0886. The molecule has 0 saturated heterocycles. The van der Waals surface area contributed by atoms with Crippen LogP contribution in [-0.2, 0) is 14.3 Å². The lowest BCUT2D eigenvalue weighted by Crippen LogP contribution is -2.18. The molecule has 13 heavy (non-hydrogen) atoms. The van der Waals surface area contributed by atoms with E-state index in [9.17, 15) is 4.79 Å². The van der Waals surface area contributed by atoms with E-state index in [4.69, 9.17) is 5.73 Å². The van der Waals surface area contributed by atoms with Gasteiger partial charge in [0.1, 0.15) is 0 Å². The highest BCUT2D eigenvalue weighted by atomic mass is 16.6. The first-order valence-corrected chi connectivity index (χ1v) is 3.71. The maximum Gasteiger partial charge on any atom is 0.324 e. The molecule has 0 aliphatic rings. The first-order chi connectivity index (χ1) is 6.10. The quantitative estimate of drug-likeness (QED) is 0.352. The predicted octanol–water partition coefficient (Wildman–Crippen LogP) is -0.113. The molecule has 0 unspecified atom stereocenters. The number of rotatable bonds is 1. The van der Waals surface area contributed by atoms with Crippen LogP contribution in [0.25, 0.3) is 0 Å². The molecule has 0 rings (SSSR count). The zero-order valence-electron chi connectivity index (χ0n) is 7.90. The fourth-order valence-corrected chi connectivity index (χ4v) is 0.494. The summed E-state index contributed by atoms with van der Waals surface area (Å²) in [5.41, 5.74) is 5.24. The van der Waals surface area contributed by atoms with Gasteiger partial charge in [0, 0.05) is 13.5 Å². The zero-order valence-corrected chi connectivity index (χ0v) is 7.90. The van der Waals surface area contributed by atoms with Crippen LogP contribution in [0.5, 0.6) is 0 Å². The largest absolute Gasteiger partial charge is 0.468 e. The molecule has 6 heteroatoms. The van der Waals surface area contributed by atoms with Crippen molar-refractivity contribution in [2.75, 3.05) is 13.7 Å². The van der Waals surface area contributed by atoms with Gasteiger partial charge in [0.05, 0.1) is 7.11 Å². The lowest BCUT2D eigenvalue weighted by Gasteiger charge is -2.00. The van der Waals surface area contributed by atoms with Crippen molar-refractivity contribution in [1.29, 1.82) is 0 Å². The van der Waals surface area contributed by atoms with Crippen LogP contribution in [0.15, 0.2) is 9.98 Å². The Hall–Kier alpha value is -1.59. The monoisotopic (exact) mass is 187 g/mol. The van der Waals surface area contributed by atoms with Crippen molar-refractivity contribution in [3.8, 4) is 0 Å². The summed E-state index contributed by atoms with van der Waals surface area (Å²) in [6.07, 6.45) is 0. The first-order valence-electron chi connectivity index (χ1n) is 3.71. The Bertz CT molecular complexity index is 235. The fraction of sp³-hybridized carbons (Fsp3) is 0.571. The van der Waals surface area contributed by atoms with Crippen molar-refractivity contribution < 1.29 is 14.3 Å². The molecule has 0 aliphatic carbocycles. The average molecular weight is 187 g/mol. The van der Waals surface area contributed by atoms with Crippen LogP contribution in [-0.4, -0.2) is 31.7 Å². The van der Waals surface area contributed by atoms with E-state index >= 15 is 0 Å². The highest BCUT2D eigenvalue weighted by Crippen LogP contribution is 1.88. The fourth-order valence-electron chi connectivity index (χ4n) is 0.494. The Morgan fingerprint density at radius 3 is 2.54 bits per heavy atom. The van der Waals surface area contributed by atoms with Gasteiger partial charge in [-0.2, -0.15) is 0 Å². The lowest BCUT2D eigenvalue weighted by atomic mass is 10.8. The van der Waals surface area contributed by atoms with Crippen LogP contribution in [0, 0.1) is 0 Å². The van der Waals surface area contributed by atoms with Gasteiger partial charge in [-0.15, -0.1) is 4.99 Å². The Kier molecular flexibility index (Phi) is 5.25. The summed E-state index contributed by atoms with van der Waals surface area (Å²) >= 11 is 0. The summed E-state index contributed by atoms with van der Waals surface area (Å²) in [7, 11) is 1.36. The van der Waals surface area contributed by atoms with Crippen LogP contribution in [0.3, 0.4) is 0 Å². The topological polar surface area (TPSA) is 86.3 Å². The number of esters is 1. The van der Waals surface area contributed by atoms with E-state index in [1.807, 2.05) is 0 Å². The van der Waals surface area contributed by atoms with E-state index in [0.29, 0.717) is 6.54 Å². The van der Waals surface area contributed by atoms with Crippen LogP contribution >= 0.6 is 0 Å². The lowest BCUT2D eigenvalue weighted by molar-refractivity contribution is -0.133. The average Bonchev–Trinajstić information content (AvgIpc) is 2.03. The van der Waals surface area contributed by atoms with Gasteiger partial charge in [-0.3, -0.25) is 4.79 Å². The van der Waals surface area contributed by atoms with Crippen molar-refractivity contribution >= 4 is 18.0 Å². The molecular weight excluding hydrogens is 174 g/mol. The van der Waals surface area contributed by atoms with Crippen LogP contribution in [0.4, 0.5) is 0 Å². The maximum absolute atomic E-state index is 10.5. The van der Waals surface area contributed by atoms with Gasteiger partial charge in [0.15, 0.2) is 0 Å². The van der Waals surface area contributed by atoms with Crippen LogP contribution in [0.1, 0.15) is 13.8 Å². The van der Waals surface area contributed by atoms with E-state index in [1.54, 1.807) is 6.92 Å². The van der Waals surface area contributed by atoms with E-state index in [0.717, 1.165) is 0 Å². The Balaban J connectivity index is 4.44. The molecule has 0 aromatic heterocycles. The van der Waals surface area contributed by atoms with Crippen molar-refractivity contribution in [3.63, 3.8) is 0 Å². The van der Waals surface area contributed by atoms with Crippen molar-refractivity contribution in [2.24, 2.45) is 15.7 Å². The second-order valence-electron chi connectivity index (χ2n) is 2.00. The van der Waals surface area contributed by atoms with Crippen LogP contribution < -0.4 is 5.73 Å². The zero-order chi connectivity index (χ0) is 10.3. The summed E-state index contributed by atoms with van der Waals surface area (Å²) in [6, 6.07) is -0.192. The standard InChI is InChI=1S/C7H13N3O3/c1-4-9-7(13-5(2)11)10-6(8)12-3/h4H2,1-3H3,(H2,8,9,10). The van der Waals surface area contributed by atoms with Gasteiger partial charge in [0.2, 0.25) is 0 Å². The molecule has 0 radical (unpaired) electrons. The van der Waals surface area contributed by atoms with Crippen LogP contribution in [0.2, 0.25) is 0 Å². The number of nitrogens with zero attached hydrogens (tertiary/aromatic N) is 2. The number of ether oxygens (including phenoxy) is 2. The summed E-state index contributed by atoms with van der Waals surface area (Å²) in [5.74, 6) is -0.500. The molecular formula is C7H13N3O3. The number of nitrogens with two attached hydrogens (primary N) is 1. The van der Waals surface area contributed by atoms with Gasteiger partial charge >= 0.3 is 12.0 Å². The molecule has 74 valence electrons. The number of carbonyl (C=O) groups excluding carboxylic acids is 1. The molecule has 0 bridgehead atoms. The van der Waals surface area contributed by atoms with Gasteiger partial charge in [-0.1, -0.05) is 0 Å². The third-order valence-electron chi connectivity index (χ3n) is 0.943. The molecule has 0 aromatic rings. The summed E-state index contributed by atoms with van der Waals surface area (Å²) in [4.78, 5) is 17.9. The maximum atomic E-state index is 10.5. The molecule has 0 aromatic carbocycles. The molecule has 0 fully saturated rings. The number of hydrogen-bond acceptors (Lipinski definition) is 4. The Labute approximate surface area is 76.4 Å². The second-order valence-corrected chi connectivity index (χ2v) is 2.00. The van der Waals surface area contributed by atoms with Gasteiger partial charge in [-0.25, -0.2) is 4.99 Å². The molecule has 0 heterocycles. The molecule has 6 nitrogen and oxygen atoms in total. The Morgan fingerprint density at radius 1 is 1.54 bits per heavy atom. The van der Waals surface area contributed by atoms with Gasteiger partial charge < -0.3 is 15.2 Å². The van der Waals surface area contributed by atoms with Crippen molar-refractivity contribution in [2.45, 2.75) is 13.8 Å². The van der Waals surface area contributed by atoms with E-state index in [2.05, 4.69) is 19.5 Å². The summed E-state index contributed by atoms with van der Waals surface area (Å²) in [6.45, 7) is 3.48. The third kappa shape index (κ3) is 5.66. The summed E-state index contributed by atoms with van der Waals surface area (Å²) in [5, 5.41) is 0. The number of hydrogen-bond donors (Lipinski definition) is 1. The minimum atomic E-state index is -0.500. The normalized spacial score (nSPS) is 12.5. The number of amidine groups is 2. The van der Waals surface area contributed by atoms with E-state index in [1.165, 1.54) is 14.0 Å². The van der Waals surface area contributed by atoms with Gasteiger partial charge in [0.25, 0.3) is 6.02 Å². The molecule has 0 atom stereocenters. The Morgan fingerprint density at radius 2 is 2.15 bits per heavy atom. The first kappa shape index (κ1) is 11.4. The van der Waals surface area contributed by atoms with E-state index in [-0.39, 0.29) is 12.0 Å². The van der Waals surface area contributed by atoms with E-state index < -0.39 is 5.97 Å². The van der Waals surface area contributed by atoms with Gasteiger partial charge in [-0.05, 0) is 6.92 Å². The molecule has 0 aliphatic heterocycles. The smallest absolute Gasteiger partial charge is 0.324 e. The summed E-state index contributed by atoms with van der Waals surface area (Å²) < 4.78 is 9.19. The molecule has 0 amide bonds. The highest BCUT2D eigenvalue weighted by Gasteiger charge is 2.02. The highest BCUT2D eigenvalue weighted by molar-refractivity contribution is 5.93. The van der Waals surface area contributed by atoms with Crippen molar-refractivity contribution in [1.82, 2.24) is 0 Å². The molecule has 0 spiro atoms. The SMILES string of the molecule is CC/N=C(\N=C(/N)OC)OC(C)=O. The molecule has 0 saturated carbocycles. The van der Waals surface area contributed by atoms with Crippen molar-refractivity contribution in [3.05, 3.63) is 0 Å². The number of carbonyl (C=O) groups is 1. The minimum Gasteiger partial charge on any atom is -0.468 e.